The highest BCUT2D eigenvalue weighted by molar-refractivity contribution is 5.40. The van der Waals surface area contributed by atoms with Gasteiger partial charge < -0.3 is 15.3 Å². The molecule has 21 heavy (non-hydrogen) atoms. The van der Waals surface area contributed by atoms with Crippen LogP contribution in [0.4, 0.5) is 0 Å². The van der Waals surface area contributed by atoms with E-state index in [0.29, 0.717) is 23.5 Å². The van der Waals surface area contributed by atoms with Crippen molar-refractivity contribution < 1.29 is 15.3 Å². The average Bonchev–Trinajstić information content (AvgIpc) is 2.70. The van der Waals surface area contributed by atoms with Crippen LogP contribution in [0.3, 0.4) is 0 Å². The van der Waals surface area contributed by atoms with Gasteiger partial charge in [0.2, 0.25) is 0 Å². The molecule has 0 saturated heterocycles. The van der Waals surface area contributed by atoms with Gasteiger partial charge in [0.15, 0.2) is 0 Å². The Balaban J connectivity index is 1.71. The SMILES string of the molecule is CC12CCC3c4ccc(O)cc4CCC3C1C[C@@H](O)[C@@H]2O. The molecule has 1 aromatic carbocycles. The molecule has 2 fully saturated rings. The van der Waals surface area contributed by atoms with Gasteiger partial charge in [-0.25, -0.2) is 0 Å². The van der Waals surface area contributed by atoms with Crippen LogP contribution in [0, 0.1) is 17.3 Å². The minimum atomic E-state index is -0.565. The highest BCUT2D eigenvalue weighted by Crippen LogP contribution is 2.60. The third-order valence-corrected chi connectivity index (χ3v) is 6.68. The molecule has 0 heterocycles. The summed E-state index contributed by atoms with van der Waals surface area (Å²) in [5, 5.41) is 30.2. The highest BCUT2D eigenvalue weighted by atomic mass is 16.3. The minimum absolute atomic E-state index is 0.116. The smallest absolute Gasteiger partial charge is 0.115 e. The van der Waals surface area contributed by atoms with Crippen LogP contribution in [0.15, 0.2) is 18.2 Å². The second-order valence-electron chi connectivity index (χ2n) is 7.59. The van der Waals surface area contributed by atoms with Crippen molar-refractivity contribution in [3.63, 3.8) is 0 Å². The third kappa shape index (κ3) is 1.80. The van der Waals surface area contributed by atoms with Gasteiger partial charge in [0.1, 0.15) is 5.75 Å². The monoisotopic (exact) mass is 288 g/mol. The fourth-order valence-corrected chi connectivity index (χ4v) is 5.56. The first-order chi connectivity index (χ1) is 10.0. The van der Waals surface area contributed by atoms with Crippen molar-refractivity contribution in [3.05, 3.63) is 29.3 Å². The van der Waals surface area contributed by atoms with Gasteiger partial charge in [0, 0.05) is 0 Å². The number of aliphatic hydroxyl groups excluding tert-OH is 2. The van der Waals surface area contributed by atoms with Crippen LogP contribution in [0.1, 0.15) is 49.7 Å². The van der Waals surface area contributed by atoms with Crippen LogP contribution in [0.5, 0.6) is 5.75 Å². The molecule has 0 spiro atoms. The predicted octanol–water partition coefficient (Wildman–Crippen LogP) is 2.58. The lowest BCUT2D eigenvalue weighted by Crippen LogP contribution is -2.44. The summed E-state index contributed by atoms with van der Waals surface area (Å²) < 4.78 is 0. The van der Waals surface area contributed by atoms with Gasteiger partial charge in [0.05, 0.1) is 12.2 Å². The molecule has 114 valence electrons. The number of aromatic hydroxyl groups is 1. The summed E-state index contributed by atoms with van der Waals surface area (Å²) >= 11 is 0. The van der Waals surface area contributed by atoms with Crippen molar-refractivity contribution in [2.45, 2.75) is 57.2 Å². The summed E-state index contributed by atoms with van der Waals surface area (Å²) in [5.74, 6) is 1.88. The van der Waals surface area contributed by atoms with Gasteiger partial charge in [-0.05, 0) is 78.5 Å². The van der Waals surface area contributed by atoms with E-state index in [1.54, 1.807) is 6.07 Å². The molecule has 1 aromatic rings. The fourth-order valence-electron chi connectivity index (χ4n) is 5.56. The molecule has 3 heteroatoms. The van der Waals surface area contributed by atoms with Crippen molar-refractivity contribution in [1.29, 1.82) is 0 Å². The Labute approximate surface area is 125 Å². The topological polar surface area (TPSA) is 60.7 Å². The normalized spacial score (nSPS) is 44.8. The molecule has 3 nitrogen and oxygen atoms in total. The summed E-state index contributed by atoms with van der Waals surface area (Å²) in [4.78, 5) is 0. The summed E-state index contributed by atoms with van der Waals surface area (Å²) in [6.45, 7) is 2.17. The van der Waals surface area contributed by atoms with Crippen LogP contribution in [0.25, 0.3) is 0 Å². The average molecular weight is 288 g/mol. The highest BCUT2D eigenvalue weighted by Gasteiger charge is 2.57. The van der Waals surface area contributed by atoms with E-state index in [1.165, 1.54) is 11.1 Å². The van der Waals surface area contributed by atoms with E-state index >= 15 is 0 Å². The van der Waals surface area contributed by atoms with Crippen LogP contribution < -0.4 is 0 Å². The lowest BCUT2D eigenvalue weighted by molar-refractivity contribution is -0.0505. The van der Waals surface area contributed by atoms with Gasteiger partial charge in [0.25, 0.3) is 0 Å². The zero-order valence-electron chi connectivity index (χ0n) is 12.5. The Morgan fingerprint density at radius 1 is 1.19 bits per heavy atom. The summed E-state index contributed by atoms with van der Waals surface area (Å²) in [6.07, 6.45) is 3.80. The maximum Gasteiger partial charge on any atom is 0.115 e. The number of aliphatic hydroxyl groups is 2. The Morgan fingerprint density at radius 3 is 2.81 bits per heavy atom. The summed E-state index contributed by atoms with van der Waals surface area (Å²) in [5.41, 5.74) is 2.57. The molecular formula is C18H24O3. The third-order valence-electron chi connectivity index (χ3n) is 6.68. The number of rotatable bonds is 0. The molecule has 0 radical (unpaired) electrons. The number of phenolic OH excluding ortho intramolecular Hbond substituents is 1. The van der Waals surface area contributed by atoms with Crippen LogP contribution in [0.2, 0.25) is 0 Å². The molecule has 4 unspecified atom stereocenters. The van der Waals surface area contributed by atoms with Gasteiger partial charge in [-0.3, -0.25) is 0 Å². The first-order valence-electron chi connectivity index (χ1n) is 8.18. The Bertz CT molecular complexity index is 570. The maximum absolute atomic E-state index is 10.4. The molecule has 4 rings (SSSR count). The van der Waals surface area contributed by atoms with E-state index in [0.717, 1.165) is 32.1 Å². The molecule has 3 N–H and O–H groups in total. The summed E-state index contributed by atoms with van der Waals surface area (Å²) in [7, 11) is 0. The number of hydrogen-bond donors (Lipinski definition) is 3. The predicted molar refractivity (Wildman–Crippen MR) is 80.1 cm³/mol. The quantitative estimate of drug-likeness (QED) is 0.687. The molecule has 3 aliphatic carbocycles. The molecule has 0 aliphatic heterocycles. The van der Waals surface area contributed by atoms with Crippen LogP contribution in [-0.2, 0) is 6.42 Å². The maximum atomic E-state index is 10.4. The van der Waals surface area contributed by atoms with Gasteiger partial charge >= 0.3 is 0 Å². The van der Waals surface area contributed by atoms with Crippen LogP contribution in [-0.4, -0.2) is 27.5 Å². The number of benzene rings is 1. The second kappa shape index (κ2) is 4.47. The van der Waals surface area contributed by atoms with E-state index in [9.17, 15) is 15.3 Å². The van der Waals surface area contributed by atoms with E-state index < -0.39 is 12.2 Å². The zero-order valence-corrected chi connectivity index (χ0v) is 12.5. The Kier molecular flexibility index (Phi) is 2.89. The molecule has 0 amide bonds. The minimum Gasteiger partial charge on any atom is -0.508 e. The van der Waals surface area contributed by atoms with Crippen LogP contribution >= 0.6 is 0 Å². The first kappa shape index (κ1) is 13.6. The van der Waals surface area contributed by atoms with E-state index in [2.05, 4.69) is 13.0 Å². The van der Waals surface area contributed by atoms with Crippen molar-refractivity contribution in [1.82, 2.24) is 0 Å². The second-order valence-corrected chi connectivity index (χ2v) is 7.59. The standard InChI is InChI=1S/C18H24O3/c1-18-7-6-13-12-5-3-11(19)8-10(12)2-4-14(13)15(18)9-16(20)17(18)21/h3,5,8,13-17,19-21H,2,4,6-7,9H2,1H3/t13?,14?,15?,16-,17+,18?/m1/s1. The first-order valence-corrected chi connectivity index (χ1v) is 8.18. The zero-order chi connectivity index (χ0) is 14.8. The van der Waals surface area contributed by atoms with Crippen molar-refractivity contribution in [2.24, 2.45) is 17.3 Å². The van der Waals surface area contributed by atoms with Crippen molar-refractivity contribution in [2.75, 3.05) is 0 Å². The Hall–Kier alpha value is -1.06. The molecule has 6 atom stereocenters. The number of aryl methyl sites for hydroxylation is 1. The van der Waals surface area contributed by atoms with E-state index in [1.807, 2.05) is 6.07 Å². The van der Waals surface area contributed by atoms with E-state index in [-0.39, 0.29) is 5.41 Å². The van der Waals surface area contributed by atoms with Crippen molar-refractivity contribution in [3.8, 4) is 5.75 Å². The molecule has 3 aliphatic rings. The van der Waals surface area contributed by atoms with Gasteiger partial charge in [-0.1, -0.05) is 13.0 Å². The largest absolute Gasteiger partial charge is 0.508 e. The number of fused-ring (bicyclic) bond motifs is 5. The molecule has 0 aromatic heterocycles. The number of hydrogen-bond acceptors (Lipinski definition) is 3. The lowest BCUT2D eigenvalue weighted by Gasteiger charge is -2.49. The fraction of sp³-hybridized carbons (Fsp3) is 0.667. The van der Waals surface area contributed by atoms with Gasteiger partial charge in [-0.15, -0.1) is 0 Å². The summed E-state index contributed by atoms with van der Waals surface area (Å²) in [6, 6.07) is 5.80. The molecular weight excluding hydrogens is 264 g/mol. The molecule has 0 bridgehead atoms. The van der Waals surface area contributed by atoms with E-state index in [4.69, 9.17) is 0 Å². The van der Waals surface area contributed by atoms with Gasteiger partial charge in [-0.2, -0.15) is 0 Å². The number of phenols is 1. The molecule has 2 saturated carbocycles. The van der Waals surface area contributed by atoms with Crippen molar-refractivity contribution >= 4 is 0 Å². The Morgan fingerprint density at radius 2 is 2.00 bits per heavy atom. The lowest BCUT2D eigenvalue weighted by atomic mass is 9.55.